The average molecular weight is 731 g/mol. The molecule has 3 aromatic rings. The molecule has 1 aromatic heterocycles. The van der Waals surface area contributed by atoms with E-state index in [9.17, 15) is 34.8 Å². The van der Waals surface area contributed by atoms with Crippen LogP contribution in [0.4, 0.5) is 5.69 Å². The first-order chi connectivity index (χ1) is 24.5. The normalized spacial score (nSPS) is 31.9. The Morgan fingerprint density at radius 2 is 1.59 bits per heavy atom. The van der Waals surface area contributed by atoms with Crippen LogP contribution in [0.3, 0.4) is 0 Å². The van der Waals surface area contributed by atoms with Crippen LogP contribution >= 0.6 is 11.6 Å². The molecular formula is C34H35ClN2O14. The van der Waals surface area contributed by atoms with Gasteiger partial charge in [-0.3, -0.25) is 9.78 Å². The van der Waals surface area contributed by atoms with Gasteiger partial charge in [0, 0.05) is 24.9 Å². The molecule has 2 aromatic carbocycles. The zero-order valence-corrected chi connectivity index (χ0v) is 27.6. The minimum Gasteiger partial charge on any atom is -0.459 e. The van der Waals surface area contributed by atoms with Gasteiger partial charge in [0.05, 0.1) is 28.4 Å². The Balaban J connectivity index is 1.18. The first-order valence-electron chi connectivity index (χ1n) is 15.9. The molecule has 3 saturated heterocycles. The van der Waals surface area contributed by atoms with Crippen molar-refractivity contribution >= 4 is 35.1 Å². The third kappa shape index (κ3) is 8.37. The van der Waals surface area contributed by atoms with E-state index in [1.807, 2.05) is 0 Å². The minimum atomic E-state index is -1.93. The number of esters is 2. The van der Waals surface area contributed by atoms with Crippen LogP contribution < -0.4 is 5.32 Å². The lowest BCUT2D eigenvalue weighted by atomic mass is 9.96. The van der Waals surface area contributed by atoms with Gasteiger partial charge in [-0.1, -0.05) is 29.8 Å². The van der Waals surface area contributed by atoms with E-state index in [4.69, 9.17) is 44.8 Å². The molecule has 0 saturated carbocycles. The number of halogens is 1. The molecule has 6 rings (SSSR count). The fourth-order valence-electron chi connectivity index (χ4n) is 5.77. The minimum absolute atomic E-state index is 0.0713. The molecule has 272 valence electrons. The van der Waals surface area contributed by atoms with Gasteiger partial charge in [0.15, 0.2) is 12.6 Å². The van der Waals surface area contributed by atoms with Crippen LogP contribution in [0.2, 0.25) is 5.02 Å². The lowest BCUT2D eigenvalue weighted by molar-refractivity contribution is -0.383. The number of carbonyl (C=O) groups is 3. The van der Waals surface area contributed by atoms with Gasteiger partial charge in [-0.2, -0.15) is 0 Å². The number of aliphatic hydroxyl groups is 4. The van der Waals surface area contributed by atoms with Crippen molar-refractivity contribution in [1.82, 2.24) is 4.98 Å². The van der Waals surface area contributed by atoms with Crippen molar-refractivity contribution in [1.29, 1.82) is 0 Å². The van der Waals surface area contributed by atoms with Gasteiger partial charge < -0.3 is 58.9 Å². The first kappa shape index (κ1) is 36.7. The molecule has 4 heterocycles. The van der Waals surface area contributed by atoms with Crippen molar-refractivity contribution in [2.24, 2.45) is 0 Å². The molecule has 5 N–H and O–H groups in total. The molecule has 0 aliphatic carbocycles. The van der Waals surface area contributed by atoms with Gasteiger partial charge in [-0.05, 0) is 42.5 Å². The summed E-state index contributed by atoms with van der Waals surface area (Å²) >= 11 is 6.11. The fourth-order valence-corrected chi connectivity index (χ4v) is 5.93. The summed E-state index contributed by atoms with van der Waals surface area (Å²) in [7, 11) is 0. The number of nitrogens with zero attached hydrogens (tertiary/aromatic N) is 1. The Morgan fingerprint density at radius 1 is 0.863 bits per heavy atom. The lowest BCUT2D eigenvalue weighted by Crippen LogP contribution is -2.66. The highest BCUT2D eigenvalue weighted by molar-refractivity contribution is 6.33. The topological polar surface area (TPSA) is 222 Å². The SMILES string of the molecule is CC(=O)Nc1cc(C(=O)OC2OC(COC(=O)c3ccccc3)C(OC3OC4COC(c5ccncc5)OC4C(O)C3O)C(O)C2O)ccc1Cl. The van der Waals surface area contributed by atoms with Gasteiger partial charge >= 0.3 is 11.9 Å². The zero-order chi connectivity index (χ0) is 36.2. The number of fused-ring (bicyclic) bond motifs is 1. The number of aliphatic hydroxyl groups excluding tert-OH is 4. The Kier molecular flexibility index (Phi) is 11.6. The third-order valence-electron chi connectivity index (χ3n) is 8.37. The number of hydrogen-bond donors (Lipinski definition) is 5. The van der Waals surface area contributed by atoms with E-state index in [1.54, 1.807) is 42.7 Å². The zero-order valence-electron chi connectivity index (χ0n) is 26.9. The summed E-state index contributed by atoms with van der Waals surface area (Å²) in [5, 5.41) is 47.1. The maximum atomic E-state index is 13.1. The van der Waals surface area contributed by atoms with Crippen molar-refractivity contribution in [3.63, 3.8) is 0 Å². The molecule has 3 fully saturated rings. The van der Waals surface area contributed by atoms with Crippen LogP contribution in [0, 0.1) is 0 Å². The molecule has 11 unspecified atom stereocenters. The molecule has 16 nitrogen and oxygen atoms in total. The Hall–Kier alpha value is -4.07. The first-order valence-corrected chi connectivity index (χ1v) is 16.2. The van der Waals surface area contributed by atoms with E-state index in [0.29, 0.717) is 5.56 Å². The van der Waals surface area contributed by atoms with Crippen molar-refractivity contribution < 1.29 is 68.0 Å². The number of rotatable bonds is 9. The van der Waals surface area contributed by atoms with E-state index in [0.717, 1.165) is 0 Å². The number of pyridine rings is 1. The van der Waals surface area contributed by atoms with Crippen LogP contribution in [-0.2, 0) is 38.0 Å². The monoisotopic (exact) mass is 730 g/mol. The van der Waals surface area contributed by atoms with Crippen molar-refractivity contribution in [2.75, 3.05) is 18.5 Å². The van der Waals surface area contributed by atoms with Crippen LogP contribution in [-0.4, -0.2) is 118 Å². The molecule has 0 bridgehead atoms. The second-order valence-electron chi connectivity index (χ2n) is 11.9. The largest absolute Gasteiger partial charge is 0.459 e. The Labute approximate surface area is 295 Å². The number of ether oxygens (including phenoxy) is 7. The summed E-state index contributed by atoms with van der Waals surface area (Å²) < 4.78 is 40.2. The van der Waals surface area contributed by atoms with E-state index < -0.39 is 92.2 Å². The number of anilines is 1. The average Bonchev–Trinajstić information content (AvgIpc) is 3.14. The molecule has 51 heavy (non-hydrogen) atoms. The summed E-state index contributed by atoms with van der Waals surface area (Å²) in [6.45, 7) is 0.601. The standard InChI is InChI=1S/C34H35ClN2O14/c1-16(38)37-21-13-19(7-8-20(21)35)31(44)51-34-27(42)25(40)29(22(48-34)14-45-30(43)17-5-3-2-4-6-17)50-33-26(41)24(39)28-23(47-33)15-46-32(49-28)18-9-11-36-12-10-18/h2-13,22-29,32-34,39-42H,14-15H2,1H3,(H,37,38). The molecule has 11 atom stereocenters. The van der Waals surface area contributed by atoms with E-state index >= 15 is 0 Å². The highest BCUT2D eigenvalue weighted by atomic mass is 35.5. The number of aromatic nitrogens is 1. The Bertz CT molecular complexity index is 1680. The van der Waals surface area contributed by atoms with E-state index in [-0.39, 0.29) is 28.4 Å². The molecule has 0 spiro atoms. The number of benzene rings is 2. The molecular weight excluding hydrogens is 696 g/mol. The van der Waals surface area contributed by atoms with Crippen molar-refractivity contribution in [2.45, 2.75) is 74.6 Å². The van der Waals surface area contributed by atoms with E-state index in [2.05, 4.69) is 10.3 Å². The van der Waals surface area contributed by atoms with Crippen molar-refractivity contribution in [3.05, 3.63) is 94.8 Å². The quantitative estimate of drug-likeness (QED) is 0.195. The fraction of sp³-hybridized carbons (Fsp3) is 0.412. The highest BCUT2D eigenvalue weighted by Crippen LogP contribution is 2.36. The second kappa shape index (κ2) is 16.1. The Morgan fingerprint density at radius 3 is 2.31 bits per heavy atom. The molecule has 3 aliphatic rings. The van der Waals surface area contributed by atoms with Gasteiger partial charge in [0.1, 0.15) is 55.4 Å². The van der Waals surface area contributed by atoms with Gasteiger partial charge in [0.2, 0.25) is 12.2 Å². The van der Waals surface area contributed by atoms with Gasteiger partial charge in [-0.15, -0.1) is 0 Å². The molecule has 0 radical (unpaired) electrons. The van der Waals surface area contributed by atoms with Crippen LogP contribution in [0.5, 0.6) is 0 Å². The number of carbonyl (C=O) groups excluding carboxylic acids is 3. The van der Waals surface area contributed by atoms with Gasteiger partial charge in [-0.25, -0.2) is 9.59 Å². The predicted molar refractivity (Wildman–Crippen MR) is 172 cm³/mol. The molecule has 3 aliphatic heterocycles. The highest BCUT2D eigenvalue weighted by Gasteiger charge is 2.53. The summed E-state index contributed by atoms with van der Waals surface area (Å²) in [4.78, 5) is 41.4. The predicted octanol–water partition coefficient (Wildman–Crippen LogP) is 1.10. The summed E-state index contributed by atoms with van der Waals surface area (Å²) in [6.07, 6.45) is -13.2. The smallest absolute Gasteiger partial charge is 0.340 e. The second-order valence-corrected chi connectivity index (χ2v) is 12.3. The lowest BCUT2D eigenvalue weighted by Gasteiger charge is -2.48. The van der Waals surface area contributed by atoms with Crippen molar-refractivity contribution in [3.8, 4) is 0 Å². The van der Waals surface area contributed by atoms with E-state index in [1.165, 1.54) is 37.3 Å². The summed E-state index contributed by atoms with van der Waals surface area (Å²) in [6, 6.07) is 15.2. The number of hydrogen-bond acceptors (Lipinski definition) is 15. The maximum absolute atomic E-state index is 13.1. The number of amides is 1. The maximum Gasteiger partial charge on any atom is 0.340 e. The van der Waals surface area contributed by atoms with Crippen LogP contribution in [0.1, 0.15) is 39.5 Å². The van der Waals surface area contributed by atoms with Crippen LogP contribution in [0.25, 0.3) is 0 Å². The summed E-state index contributed by atoms with van der Waals surface area (Å²) in [5.41, 5.74) is 0.881. The molecule has 1 amide bonds. The third-order valence-corrected chi connectivity index (χ3v) is 8.70. The summed E-state index contributed by atoms with van der Waals surface area (Å²) in [5.74, 6) is -2.22. The molecule has 17 heteroatoms. The number of nitrogens with one attached hydrogen (secondary N) is 1. The van der Waals surface area contributed by atoms with Gasteiger partial charge in [0.25, 0.3) is 0 Å². The van der Waals surface area contributed by atoms with Crippen LogP contribution in [0.15, 0.2) is 73.1 Å².